The third-order valence-electron chi connectivity index (χ3n) is 3.85. The van der Waals surface area contributed by atoms with E-state index < -0.39 is 0 Å². The van der Waals surface area contributed by atoms with Crippen LogP contribution in [0, 0.1) is 0 Å². The van der Waals surface area contributed by atoms with E-state index in [2.05, 4.69) is 5.32 Å². The smallest absolute Gasteiger partial charge is 0.233 e. The van der Waals surface area contributed by atoms with Crippen LogP contribution in [-0.2, 0) is 4.79 Å². The van der Waals surface area contributed by atoms with Crippen LogP contribution >= 0.6 is 11.8 Å². The summed E-state index contributed by atoms with van der Waals surface area (Å²) in [7, 11) is 1.64. The van der Waals surface area contributed by atoms with Crippen molar-refractivity contribution in [2.75, 3.05) is 19.5 Å². The second kappa shape index (κ2) is 8.93. The van der Waals surface area contributed by atoms with E-state index in [0.29, 0.717) is 12.6 Å². The third-order valence-corrected chi connectivity index (χ3v) is 4.97. The standard InChI is InChI=1S/C17H25NO3S/c1-13(17(19)18-14-5-3-4-6-14)22-12-11-21-16-9-7-15(20-2)8-10-16/h7-10,13-14H,3-6,11-12H2,1-2H3,(H,18,19). The number of carbonyl (C=O) groups is 1. The molecule has 0 heterocycles. The molecule has 1 N–H and O–H groups in total. The second-order valence-electron chi connectivity index (χ2n) is 5.53. The minimum Gasteiger partial charge on any atom is -0.497 e. The molecule has 0 aliphatic heterocycles. The molecule has 1 aliphatic rings. The molecule has 22 heavy (non-hydrogen) atoms. The second-order valence-corrected chi connectivity index (χ2v) is 6.98. The van der Waals surface area contributed by atoms with Crippen molar-refractivity contribution in [2.45, 2.75) is 43.9 Å². The number of hydrogen-bond acceptors (Lipinski definition) is 4. The largest absolute Gasteiger partial charge is 0.497 e. The summed E-state index contributed by atoms with van der Waals surface area (Å²) in [5.41, 5.74) is 0. The van der Waals surface area contributed by atoms with Crippen molar-refractivity contribution in [1.82, 2.24) is 5.32 Å². The zero-order chi connectivity index (χ0) is 15.8. The van der Waals surface area contributed by atoms with E-state index in [0.717, 1.165) is 30.1 Å². The molecule has 1 aliphatic carbocycles. The Hall–Kier alpha value is -1.36. The van der Waals surface area contributed by atoms with Gasteiger partial charge in [-0.3, -0.25) is 4.79 Å². The van der Waals surface area contributed by atoms with Crippen molar-refractivity contribution in [3.63, 3.8) is 0 Å². The SMILES string of the molecule is COc1ccc(OCCSC(C)C(=O)NC2CCCC2)cc1. The molecule has 2 rings (SSSR count). The summed E-state index contributed by atoms with van der Waals surface area (Å²) < 4.78 is 10.8. The Bertz CT molecular complexity index is 457. The molecule has 4 nitrogen and oxygen atoms in total. The quantitative estimate of drug-likeness (QED) is 0.746. The van der Waals surface area contributed by atoms with Gasteiger partial charge < -0.3 is 14.8 Å². The minimum absolute atomic E-state index is 0.0277. The number of amides is 1. The third kappa shape index (κ3) is 5.44. The van der Waals surface area contributed by atoms with Gasteiger partial charge in [0.15, 0.2) is 0 Å². The molecule has 1 unspecified atom stereocenters. The first-order valence-corrected chi connectivity index (χ1v) is 8.92. The monoisotopic (exact) mass is 323 g/mol. The van der Waals surface area contributed by atoms with Crippen LogP contribution in [0.25, 0.3) is 0 Å². The van der Waals surface area contributed by atoms with Crippen molar-refractivity contribution in [3.05, 3.63) is 24.3 Å². The first kappa shape index (κ1) is 17.0. The molecule has 5 heteroatoms. The predicted molar refractivity (Wildman–Crippen MR) is 90.8 cm³/mol. The number of methoxy groups -OCH3 is 1. The van der Waals surface area contributed by atoms with Crippen LogP contribution in [0.15, 0.2) is 24.3 Å². The highest BCUT2D eigenvalue weighted by atomic mass is 32.2. The fourth-order valence-electron chi connectivity index (χ4n) is 2.52. The van der Waals surface area contributed by atoms with Gasteiger partial charge in [-0.25, -0.2) is 0 Å². The summed E-state index contributed by atoms with van der Waals surface area (Å²) >= 11 is 1.63. The molecule has 122 valence electrons. The Kier molecular flexibility index (Phi) is 6.90. The van der Waals surface area contributed by atoms with Crippen LogP contribution < -0.4 is 14.8 Å². The molecule has 0 spiro atoms. The summed E-state index contributed by atoms with van der Waals surface area (Å²) in [6, 6.07) is 7.92. The lowest BCUT2D eigenvalue weighted by molar-refractivity contribution is -0.120. The van der Waals surface area contributed by atoms with E-state index in [1.165, 1.54) is 12.8 Å². The first-order valence-electron chi connectivity index (χ1n) is 7.88. The molecule has 0 saturated heterocycles. The normalized spacial score (nSPS) is 16.3. The first-order chi connectivity index (χ1) is 10.7. The highest BCUT2D eigenvalue weighted by molar-refractivity contribution is 8.00. The maximum Gasteiger partial charge on any atom is 0.233 e. The molecular weight excluding hydrogens is 298 g/mol. The number of rotatable bonds is 8. The lowest BCUT2D eigenvalue weighted by Gasteiger charge is -2.16. The zero-order valence-corrected chi connectivity index (χ0v) is 14.2. The molecule has 1 aromatic rings. The lowest BCUT2D eigenvalue weighted by atomic mass is 10.2. The van der Waals surface area contributed by atoms with E-state index >= 15 is 0 Å². The van der Waals surface area contributed by atoms with Gasteiger partial charge in [0.1, 0.15) is 11.5 Å². The van der Waals surface area contributed by atoms with Gasteiger partial charge in [-0.15, -0.1) is 11.8 Å². The van der Waals surface area contributed by atoms with Gasteiger partial charge in [-0.1, -0.05) is 12.8 Å². The average Bonchev–Trinajstić information content (AvgIpc) is 3.04. The summed E-state index contributed by atoms with van der Waals surface area (Å²) in [6.07, 6.45) is 4.73. The van der Waals surface area contributed by atoms with Gasteiger partial charge >= 0.3 is 0 Å². The van der Waals surface area contributed by atoms with Gasteiger partial charge in [0, 0.05) is 11.8 Å². The van der Waals surface area contributed by atoms with Gasteiger partial charge in [-0.05, 0) is 44.0 Å². The number of nitrogens with one attached hydrogen (secondary N) is 1. The Labute approximate surface area is 137 Å². The van der Waals surface area contributed by atoms with Crippen LogP contribution in [0.3, 0.4) is 0 Å². The minimum atomic E-state index is -0.0277. The van der Waals surface area contributed by atoms with Crippen LogP contribution in [-0.4, -0.2) is 36.7 Å². The number of carbonyl (C=O) groups excluding carboxylic acids is 1. The van der Waals surface area contributed by atoms with E-state index in [1.54, 1.807) is 18.9 Å². The summed E-state index contributed by atoms with van der Waals surface area (Å²) in [5.74, 6) is 2.59. The van der Waals surface area contributed by atoms with Crippen LogP contribution in [0.5, 0.6) is 11.5 Å². The highest BCUT2D eigenvalue weighted by Gasteiger charge is 2.20. The van der Waals surface area contributed by atoms with E-state index in [1.807, 2.05) is 31.2 Å². The lowest BCUT2D eigenvalue weighted by Crippen LogP contribution is -2.37. The summed E-state index contributed by atoms with van der Waals surface area (Å²) in [5, 5.41) is 3.11. The van der Waals surface area contributed by atoms with Crippen molar-refractivity contribution in [1.29, 1.82) is 0 Å². The van der Waals surface area contributed by atoms with Gasteiger partial charge in [-0.2, -0.15) is 0 Å². The van der Waals surface area contributed by atoms with Crippen molar-refractivity contribution < 1.29 is 14.3 Å². The number of hydrogen-bond donors (Lipinski definition) is 1. The Morgan fingerprint density at radius 3 is 2.55 bits per heavy atom. The van der Waals surface area contributed by atoms with Gasteiger partial charge in [0.2, 0.25) is 5.91 Å². The zero-order valence-electron chi connectivity index (χ0n) is 13.3. The molecule has 1 atom stereocenters. The van der Waals surface area contributed by atoms with Crippen LogP contribution in [0.1, 0.15) is 32.6 Å². The topological polar surface area (TPSA) is 47.6 Å². The molecular formula is C17H25NO3S. The van der Waals surface area contributed by atoms with Crippen molar-refractivity contribution >= 4 is 17.7 Å². The van der Waals surface area contributed by atoms with E-state index in [9.17, 15) is 4.79 Å². The molecule has 0 bridgehead atoms. The number of ether oxygens (including phenoxy) is 2. The molecule has 1 aromatic carbocycles. The molecule has 0 aromatic heterocycles. The highest BCUT2D eigenvalue weighted by Crippen LogP contribution is 2.20. The fourth-order valence-corrected chi connectivity index (χ4v) is 3.27. The van der Waals surface area contributed by atoms with E-state index in [-0.39, 0.29) is 11.2 Å². The summed E-state index contributed by atoms with van der Waals surface area (Å²) in [4.78, 5) is 12.0. The van der Waals surface area contributed by atoms with Crippen LogP contribution in [0.4, 0.5) is 0 Å². The fraction of sp³-hybridized carbons (Fsp3) is 0.588. The maximum absolute atomic E-state index is 12.0. The van der Waals surface area contributed by atoms with Crippen LogP contribution in [0.2, 0.25) is 0 Å². The summed E-state index contributed by atoms with van der Waals surface area (Å²) in [6.45, 7) is 2.56. The van der Waals surface area contributed by atoms with Gasteiger partial charge in [0.05, 0.1) is 19.0 Å². The average molecular weight is 323 g/mol. The van der Waals surface area contributed by atoms with Crippen molar-refractivity contribution in [3.8, 4) is 11.5 Å². The number of thioether (sulfide) groups is 1. The van der Waals surface area contributed by atoms with Crippen molar-refractivity contribution in [2.24, 2.45) is 0 Å². The molecule has 1 fully saturated rings. The molecule has 1 saturated carbocycles. The van der Waals surface area contributed by atoms with E-state index in [4.69, 9.17) is 9.47 Å². The Balaban J connectivity index is 1.61. The van der Waals surface area contributed by atoms with Gasteiger partial charge in [0.25, 0.3) is 0 Å². The Morgan fingerprint density at radius 1 is 1.27 bits per heavy atom. The molecule has 0 radical (unpaired) electrons. The maximum atomic E-state index is 12.0. The number of benzene rings is 1. The Morgan fingerprint density at radius 2 is 1.91 bits per heavy atom. The predicted octanol–water partition coefficient (Wildman–Crippen LogP) is 3.25. The molecule has 1 amide bonds.